The largest absolute Gasteiger partial charge is 0.249 e. The summed E-state index contributed by atoms with van der Waals surface area (Å²) in [5, 5.41) is 1.67. The number of hydrogen-bond donors (Lipinski definition) is 0. The number of rotatable bonds is 6. The molecule has 0 aromatic heterocycles. The second-order valence-corrected chi connectivity index (χ2v) is 10.3. The highest BCUT2D eigenvalue weighted by Gasteiger charge is 2.22. The molecule has 0 amide bonds. The van der Waals surface area contributed by atoms with Gasteiger partial charge in [-0.2, -0.15) is 0 Å². The van der Waals surface area contributed by atoms with E-state index in [0.29, 0.717) is 42.7 Å². The summed E-state index contributed by atoms with van der Waals surface area (Å²) in [5.74, 6) is 0. The molecule has 32 heavy (non-hydrogen) atoms. The van der Waals surface area contributed by atoms with Gasteiger partial charge in [0.05, 0.1) is 30.9 Å². The van der Waals surface area contributed by atoms with Crippen molar-refractivity contribution in [1.29, 1.82) is 0 Å². The lowest BCUT2D eigenvalue weighted by Crippen LogP contribution is -2.05. The first kappa shape index (κ1) is 23.4. The van der Waals surface area contributed by atoms with Gasteiger partial charge in [0, 0.05) is 22.6 Å². The molecule has 4 aromatic carbocycles. The lowest BCUT2D eigenvalue weighted by molar-refractivity contribution is 0.681. The molecule has 0 unspecified atom stereocenters. The van der Waals surface area contributed by atoms with Gasteiger partial charge in [0.15, 0.2) is 0 Å². The highest BCUT2D eigenvalue weighted by molar-refractivity contribution is 7.85. The molecule has 0 fully saturated rings. The van der Waals surface area contributed by atoms with Gasteiger partial charge in [0.25, 0.3) is 0 Å². The molecule has 0 atom stereocenters. The molecule has 4 rings (SSSR count). The third-order valence-electron chi connectivity index (χ3n) is 5.15. The molecule has 162 valence electrons. The first-order valence-electron chi connectivity index (χ1n) is 9.89. The first-order valence-corrected chi connectivity index (χ1v) is 12.5. The molecule has 4 aromatic rings. The van der Waals surface area contributed by atoms with Crippen LogP contribution in [0.4, 0.5) is 0 Å². The first-order chi connectivity index (χ1) is 15.5. The van der Waals surface area contributed by atoms with E-state index in [-0.39, 0.29) is 0 Å². The van der Waals surface area contributed by atoms with E-state index in [9.17, 15) is 4.21 Å². The SMILES string of the molecule is O=S(c1ccc(Cl)c(Cl)c1Cc1ccccc1)c1ccc(Cl)c(Cl)c1Cc1ccccc1. The minimum Gasteiger partial charge on any atom is -0.249 e. The molecule has 6 heteroatoms. The van der Waals surface area contributed by atoms with Gasteiger partial charge < -0.3 is 0 Å². The Labute approximate surface area is 210 Å². The summed E-state index contributed by atoms with van der Waals surface area (Å²) in [6.45, 7) is 0. The molecule has 0 aliphatic carbocycles. The summed E-state index contributed by atoms with van der Waals surface area (Å²) in [5.41, 5.74) is 3.57. The van der Waals surface area contributed by atoms with Crippen LogP contribution in [0.1, 0.15) is 22.3 Å². The fraction of sp³-hybridized carbons (Fsp3) is 0.0769. The van der Waals surface area contributed by atoms with Gasteiger partial charge in [-0.05, 0) is 46.5 Å². The lowest BCUT2D eigenvalue weighted by atomic mass is 10.0. The smallest absolute Gasteiger partial charge is 0.0856 e. The fourth-order valence-corrected chi connectivity index (χ4v) is 5.89. The van der Waals surface area contributed by atoms with Gasteiger partial charge in [-0.25, -0.2) is 4.21 Å². The average molecular weight is 520 g/mol. The van der Waals surface area contributed by atoms with Gasteiger partial charge in [-0.1, -0.05) is 107 Å². The highest BCUT2D eigenvalue weighted by atomic mass is 35.5. The topological polar surface area (TPSA) is 17.1 Å². The van der Waals surface area contributed by atoms with Crippen molar-refractivity contribution < 1.29 is 4.21 Å². The number of hydrogen-bond acceptors (Lipinski definition) is 1. The quantitative estimate of drug-likeness (QED) is 0.249. The van der Waals surface area contributed by atoms with E-state index in [2.05, 4.69) is 0 Å². The van der Waals surface area contributed by atoms with Gasteiger partial charge in [-0.15, -0.1) is 0 Å². The molecular formula is C26H18Cl4OS. The Kier molecular flexibility index (Phi) is 7.60. The van der Waals surface area contributed by atoms with Crippen LogP contribution in [0, 0.1) is 0 Å². The van der Waals surface area contributed by atoms with Crippen LogP contribution in [0.15, 0.2) is 94.7 Å². The van der Waals surface area contributed by atoms with E-state index in [1.807, 2.05) is 60.7 Å². The molecule has 0 saturated heterocycles. The Balaban J connectivity index is 1.82. The third-order valence-corrected chi connectivity index (χ3v) is 8.40. The molecule has 0 radical (unpaired) electrons. The molecule has 1 nitrogen and oxygen atoms in total. The molecule has 0 aliphatic heterocycles. The molecule has 0 heterocycles. The normalized spacial score (nSPS) is 11.2. The van der Waals surface area contributed by atoms with Crippen LogP contribution in [-0.4, -0.2) is 4.21 Å². The minimum atomic E-state index is -1.54. The summed E-state index contributed by atoms with van der Waals surface area (Å²) >= 11 is 25.8. The maximum Gasteiger partial charge on any atom is 0.0856 e. The van der Waals surface area contributed by atoms with Crippen molar-refractivity contribution in [3.8, 4) is 0 Å². The van der Waals surface area contributed by atoms with Crippen molar-refractivity contribution >= 4 is 57.2 Å². The van der Waals surface area contributed by atoms with Gasteiger partial charge in [0.1, 0.15) is 0 Å². The van der Waals surface area contributed by atoms with Crippen LogP contribution in [0.5, 0.6) is 0 Å². The lowest BCUT2D eigenvalue weighted by Gasteiger charge is -2.16. The summed E-state index contributed by atoms with van der Waals surface area (Å²) in [6, 6.07) is 26.7. The van der Waals surface area contributed by atoms with Crippen LogP contribution in [0.25, 0.3) is 0 Å². The molecule has 0 aliphatic rings. The maximum absolute atomic E-state index is 13.9. The van der Waals surface area contributed by atoms with E-state index >= 15 is 0 Å². The van der Waals surface area contributed by atoms with Crippen LogP contribution < -0.4 is 0 Å². The number of benzene rings is 4. The summed E-state index contributed by atoms with van der Waals surface area (Å²) in [7, 11) is -1.54. The van der Waals surface area contributed by atoms with Crippen LogP contribution in [0.2, 0.25) is 20.1 Å². The Morgan fingerprint density at radius 2 is 0.906 bits per heavy atom. The zero-order chi connectivity index (χ0) is 22.7. The molecule has 0 N–H and O–H groups in total. The second-order valence-electron chi connectivity index (χ2n) is 7.27. The van der Waals surface area contributed by atoms with Crippen LogP contribution >= 0.6 is 46.4 Å². The fourth-order valence-electron chi connectivity index (χ4n) is 3.55. The van der Waals surface area contributed by atoms with Gasteiger partial charge in [-0.3, -0.25) is 0 Å². The maximum atomic E-state index is 13.9. The standard InChI is InChI=1S/C26H18Cl4OS/c27-21-11-13-23(19(25(21)29)15-17-7-3-1-4-8-17)32(31)24-14-12-22(28)26(30)20(24)16-18-9-5-2-6-10-18/h1-14H,15-16H2. The predicted octanol–water partition coefficient (Wildman–Crippen LogP) is 8.65. The van der Waals surface area contributed by atoms with E-state index in [1.165, 1.54) is 0 Å². The minimum absolute atomic E-state index is 0.408. The Morgan fingerprint density at radius 3 is 1.28 bits per heavy atom. The van der Waals surface area contributed by atoms with Crippen molar-refractivity contribution in [3.05, 3.63) is 127 Å². The van der Waals surface area contributed by atoms with E-state index in [0.717, 1.165) is 22.3 Å². The van der Waals surface area contributed by atoms with E-state index < -0.39 is 10.8 Å². The van der Waals surface area contributed by atoms with Gasteiger partial charge >= 0.3 is 0 Å². The van der Waals surface area contributed by atoms with E-state index in [1.54, 1.807) is 24.3 Å². The molecule has 0 bridgehead atoms. The molecule has 0 spiro atoms. The van der Waals surface area contributed by atoms with Crippen molar-refractivity contribution in [2.45, 2.75) is 22.6 Å². The Bertz CT molecular complexity index is 1180. The van der Waals surface area contributed by atoms with Crippen molar-refractivity contribution in [2.75, 3.05) is 0 Å². The Morgan fingerprint density at radius 1 is 0.531 bits per heavy atom. The summed E-state index contributed by atoms with van der Waals surface area (Å²) in [4.78, 5) is 1.21. The molecular weight excluding hydrogens is 502 g/mol. The van der Waals surface area contributed by atoms with Crippen LogP contribution in [-0.2, 0) is 23.6 Å². The third kappa shape index (κ3) is 5.06. The van der Waals surface area contributed by atoms with Gasteiger partial charge in [0.2, 0.25) is 0 Å². The van der Waals surface area contributed by atoms with Crippen LogP contribution in [0.3, 0.4) is 0 Å². The summed E-state index contributed by atoms with van der Waals surface area (Å²) < 4.78 is 13.9. The highest BCUT2D eigenvalue weighted by Crippen LogP contribution is 2.37. The van der Waals surface area contributed by atoms with Crippen molar-refractivity contribution in [1.82, 2.24) is 0 Å². The average Bonchev–Trinajstić information content (AvgIpc) is 2.81. The monoisotopic (exact) mass is 518 g/mol. The second kappa shape index (κ2) is 10.4. The Hall–Kier alpha value is -1.81. The van der Waals surface area contributed by atoms with Crippen molar-refractivity contribution in [2.24, 2.45) is 0 Å². The van der Waals surface area contributed by atoms with E-state index in [4.69, 9.17) is 46.4 Å². The zero-order valence-electron chi connectivity index (χ0n) is 16.8. The molecule has 0 saturated carbocycles. The number of halogens is 4. The summed E-state index contributed by atoms with van der Waals surface area (Å²) in [6.07, 6.45) is 1.02. The zero-order valence-corrected chi connectivity index (χ0v) is 20.7. The predicted molar refractivity (Wildman–Crippen MR) is 136 cm³/mol. The van der Waals surface area contributed by atoms with Crippen molar-refractivity contribution in [3.63, 3.8) is 0 Å².